The van der Waals surface area contributed by atoms with Crippen molar-refractivity contribution in [2.45, 2.75) is 0 Å². The van der Waals surface area contributed by atoms with Gasteiger partial charge in [-0.25, -0.2) is 0 Å². The number of fused-ring (bicyclic) bond motifs is 2. The molecule has 0 fully saturated rings. The Morgan fingerprint density at radius 3 is 2.52 bits per heavy atom. The van der Waals surface area contributed by atoms with E-state index in [4.69, 9.17) is 19.4 Å². The highest BCUT2D eigenvalue weighted by Gasteiger charge is 2.34. The van der Waals surface area contributed by atoms with Crippen molar-refractivity contribution in [3.05, 3.63) is 63.8 Å². The maximum Gasteiger partial charge on any atom is 0.258 e. The van der Waals surface area contributed by atoms with Crippen molar-refractivity contribution in [1.82, 2.24) is 0 Å². The molecule has 0 aliphatic carbocycles. The summed E-state index contributed by atoms with van der Waals surface area (Å²) in [5.41, 5.74) is 4.99. The van der Waals surface area contributed by atoms with Gasteiger partial charge in [-0.1, -0.05) is 45.4 Å². The first-order valence-corrected chi connectivity index (χ1v) is 10.7. The molecule has 0 unspecified atom stereocenters. The zero-order valence-corrected chi connectivity index (χ0v) is 18.3. The summed E-state index contributed by atoms with van der Waals surface area (Å²) in [6, 6.07) is 13.4. The molecular weight excluding hydrogens is 466 g/mol. The summed E-state index contributed by atoms with van der Waals surface area (Å²) in [5.74, 6) is -0.192. The number of para-hydroxylation sites is 1. The maximum absolute atomic E-state index is 12.8. The van der Waals surface area contributed by atoms with Gasteiger partial charge in [0.05, 0.1) is 50.0 Å². The van der Waals surface area contributed by atoms with Crippen molar-refractivity contribution >= 4 is 44.5 Å². The van der Waals surface area contributed by atoms with Gasteiger partial charge in [0.1, 0.15) is 12.3 Å². The van der Waals surface area contributed by atoms with Crippen LogP contribution in [0.2, 0.25) is 0 Å². The van der Waals surface area contributed by atoms with Crippen molar-refractivity contribution in [3.8, 4) is 0 Å². The van der Waals surface area contributed by atoms with Crippen molar-refractivity contribution in [1.29, 1.82) is 0 Å². The Kier molecular flexibility index (Phi) is 6.98. The van der Waals surface area contributed by atoms with Crippen LogP contribution in [0.15, 0.2) is 57.8 Å². The van der Waals surface area contributed by atoms with Crippen LogP contribution in [-0.4, -0.2) is 56.4 Å². The molecule has 0 saturated heterocycles. The standard InChI is InChI=1S/C22H22BrN3O5/c23-14-5-6-15-18(13-14)25-22(28)19(15)21-20(16-3-1-2-4-17(16)24-21)26-31-12-11-30-10-9-29-8-7-27/h1-6,13,24,27H,7-12H2,(H,25,28)/b21-19-,26-20+. The van der Waals surface area contributed by atoms with Gasteiger partial charge in [0.2, 0.25) is 0 Å². The van der Waals surface area contributed by atoms with Crippen LogP contribution in [0.4, 0.5) is 11.4 Å². The molecule has 3 N–H and O–H groups in total. The topological polar surface area (TPSA) is 101 Å². The van der Waals surface area contributed by atoms with E-state index in [1.807, 2.05) is 42.5 Å². The molecule has 2 heterocycles. The van der Waals surface area contributed by atoms with Gasteiger partial charge in [0.15, 0.2) is 0 Å². The first kappa shape index (κ1) is 21.5. The summed E-state index contributed by atoms with van der Waals surface area (Å²) in [5, 5.41) is 19.2. The monoisotopic (exact) mass is 487 g/mol. The van der Waals surface area contributed by atoms with Crippen molar-refractivity contribution in [2.75, 3.05) is 50.3 Å². The average molecular weight is 488 g/mol. The average Bonchev–Trinajstić information content (AvgIpc) is 3.28. The second kappa shape index (κ2) is 10.1. The summed E-state index contributed by atoms with van der Waals surface area (Å²) < 4.78 is 11.4. The van der Waals surface area contributed by atoms with Crippen LogP contribution in [0.25, 0.3) is 5.57 Å². The molecule has 2 aliphatic rings. The lowest BCUT2D eigenvalue weighted by molar-refractivity contribution is -0.110. The number of benzene rings is 2. The minimum absolute atomic E-state index is 0.00623. The number of amides is 1. The second-order valence-electron chi connectivity index (χ2n) is 6.79. The Hall–Kier alpha value is -2.72. The zero-order chi connectivity index (χ0) is 21.6. The number of anilines is 2. The summed E-state index contributed by atoms with van der Waals surface area (Å²) in [7, 11) is 0. The quantitative estimate of drug-likeness (QED) is 0.285. The molecule has 0 spiro atoms. The van der Waals surface area contributed by atoms with E-state index in [0.29, 0.717) is 43.4 Å². The Morgan fingerprint density at radius 2 is 1.68 bits per heavy atom. The lowest BCUT2D eigenvalue weighted by Gasteiger charge is -2.07. The van der Waals surface area contributed by atoms with Crippen LogP contribution < -0.4 is 10.6 Å². The fourth-order valence-electron chi connectivity index (χ4n) is 3.39. The number of hydrogen-bond donors (Lipinski definition) is 3. The van der Waals surface area contributed by atoms with Crippen LogP contribution in [0.5, 0.6) is 0 Å². The largest absolute Gasteiger partial charge is 0.394 e. The predicted octanol–water partition coefficient (Wildman–Crippen LogP) is 2.98. The Bertz CT molecular complexity index is 1040. The number of carbonyl (C=O) groups is 1. The summed E-state index contributed by atoms with van der Waals surface area (Å²) >= 11 is 3.44. The lowest BCUT2D eigenvalue weighted by atomic mass is 10.0. The summed E-state index contributed by atoms with van der Waals surface area (Å²) in [4.78, 5) is 18.3. The van der Waals surface area contributed by atoms with Crippen molar-refractivity contribution in [3.63, 3.8) is 0 Å². The van der Waals surface area contributed by atoms with Crippen LogP contribution >= 0.6 is 15.9 Å². The Labute approximate surface area is 188 Å². The summed E-state index contributed by atoms with van der Waals surface area (Å²) in [6.07, 6.45) is 0. The van der Waals surface area contributed by atoms with E-state index in [-0.39, 0.29) is 19.1 Å². The minimum atomic E-state index is -0.192. The van der Waals surface area contributed by atoms with E-state index < -0.39 is 0 Å². The van der Waals surface area contributed by atoms with E-state index >= 15 is 0 Å². The molecule has 9 heteroatoms. The smallest absolute Gasteiger partial charge is 0.258 e. The molecule has 0 radical (unpaired) electrons. The van der Waals surface area contributed by atoms with Crippen LogP contribution in [0.3, 0.4) is 0 Å². The number of allylic oxidation sites excluding steroid dienone is 1. The number of hydrogen-bond acceptors (Lipinski definition) is 7. The first-order valence-electron chi connectivity index (χ1n) is 9.87. The lowest BCUT2D eigenvalue weighted by Crippen LogP contribution is -2.13. The molecule has 4 rings (SSSR count). The van der Waals surface area contributed by atoms with Crippen molar-refractivity contribution < 1.29 is 24.2 Å². The molecule has 2 aliphatic heterocycles. The number of nitrogens with one attached hydrogen (secondary N) is 2. The molecule has 31 heavy (non-hydrogen) atoms. The second-order valence-corrected chi connectivity index (χ2v) is 7.70. The van der Waals surface area contributed by atoms with Crippen LogP contribution in [-0.2, 0) is 19.1 Å². The van der Waals surface area contributed by atoms with E-state index in [1.165, 1.54) is 0 Å². The molecule has 162 valence electrons. The highest BCUT2D eigenvalue weighted by Crippen LogP contribution is 2.39. The third-order valence-corrected chi connectivity index (χ3v) is 5.23. The normalized spacial score (nSPS) is 18.0. The third-order valence-electron chi connectivity index (χ3n) is 4.74. The molecule has 0 bridgehead atoms. The van der Waals surface area contributed by atoms with Gasteiger partial charge in [0, 0.05) is 21.3 Å². The van der Waals surface area contributed by atoms with Gasteiger partial charge in [0.25, 0.3) is 5.91 Å². The SMILES string of the molecule is O=C1Nc2cc(Br)ccc2/C1=C1/Nc2ccccc2/C1=N\OCCOCCOCCO. The highest BCUT2D eigenvalue weighted by molar-refractivity contribution is 9.10. The number of nitrogens with zero attached hydrogens (tertiary/aromatic N) is 1. The van der Waals surface area contributed by atoms with E-state index in [2.05, 4.69) is 31.7 Å². The molecule has 0 saturated carbocycles. The number of oxime groups is 1. The van der Waals surface area contributed by atoms with Crippen LogP contribution in [0.1, 0.15) is 11.1 Å². The van der Waals surface area contributed by atoms with E-state index in [1.54, 1.807) is 0 Å². The molecule has 2 aromatic carbocycles. The molecule has 0 aromatic heterocycles. The van der Waals surface area contributed by atoms with Gasteiger partial charge in [-0.3, -0.25) is 4.79 Å². The number of aliphatic hydroxyl groups excluding tert-OH is 1. The number of ether oxygens (including phenoxy) is 2. The molecule has 1 amide bonds. The van der Waals surface area contributed by atoms with Gasteiger partial charge < -0.3 is 30.1 Å². The molecule has 8 nitrogen and oxygen atoms in total. The Balaban J connectivity index is 1.52. The fourth-order valence-corrected chi connectivity index (χ4v) is 3.75. The van der Waals surface area contributed by atoms with Gasteiger partial charge in [-0.05, 0) is 18.2 Å². The predicted molar refractivity (Wildman–Crippen MR) is 121 cm³/mol. The number of aliphatic hydroxyl groups is 1. The van der Waals surface area contributed by atoms with E-state index in [0.717, 1.165) is 27.0 Å². The van der Waals surface area contributed by atoms with Crippen molar-refractivity contribution in [2.24, 2.45) is 5.16 Å². The van der Waals surface area contributed by atoms with Gasteiger partial charge in [-0.2, -0.15) is 0 Å². The maximum atomic E-state index is 12.8. The highest BCUT2D eigenvalue weighted by atomic mass is 79.9. The van der Waals surface area contributed by atoms with E-state index in [9.17, 15) is 4.79 Å². The third kappa shape index (κ3) is 4.80. The molecule has 0 atom stereocenters. The first-order chi connectivity index (χ1) is 15.2. The fraction of sp³-hybridized carbons (Fsp3) is 0.273. The number of halogens is 1. The number of carbonyl (C=O) groups excluding carboxylic acids is 1. The minimum Gasteiger partial charge on any atom is -0.394 e. The van der Waals surface area contributed by atoms with Gasteiger partial charge in [-0.15, -0.1) is 0 Å². The number of rotatable bonds is 9. The van der Waals surface area contributed by atoms with Gasteiger partial charge >= 0.3 is 0 Å². The summed E-state index contributed by atoms with van der Waals surface area (Å²) in [6.45, 7) is 1.71. The zero-order valence-electron chi connectivity index (χ0n) is 16.7. The Morgan fingerprint density at radius 1 is 0.903 bits per heavy atom. The molecule has 2 aromatic rings. The molecular formula is C22H22BrN3O5. The van der Waals surface area contributed by atoms with Crippen LogP contribution in [0, 0.1) is 0 Å².